The summed E-state index contributed by atoms with van der Waals surface area (Å²) in [4.78, 5) is 36.2. The van der Waals surface area contributed by atoms with Gasteiger partial charge in [-0.3, -0.25) is 9.59 Å². The van der Waals surface area contributed by atoms with E-state index in [9.17, 15) is 36.6 Å². The van der Waals surface area contributed by atoms with E-state index in [1.54, 1.807) is 11.8 Å². The minimum atomic E-state index is -4.58. The van der Waals surface area contributed by atoms with E-state index in [2.05, 4.69) is 20.6 Å². The van der Waals surface area contributed by atoms with Crippen molar-refractivity contribution in [2.75, 3.05) is 11.9 Å². The number of carbonyl (C=O) groups excluding carboxylic acids is 2. The summed E-state index contributed by atoms with van der Waals surface area (Å²) in [6.07, 6.45) is -4.49. The summed E-state index contributed by atoms with van der Waals surface area (Å²) in [5, 5.41) is 14.9. The normalized spacial score (nSPS) is 19.6. The van der Waals surface area contributed by atoms with Gasteiger partial charge >= 0.3 is 6.18 Å². The molecule has 2 aliphatic rings. The van der Waals surface area contributed by atoms with Crippen LogP contribution in [0.2, 0.25) is 0 Å². The third kappa shape index (κ3) is 6.54. The lowest BCUT2D eigenvalue weighted by atomic mass is 10.0. The second kappa shape index (κ2) is 11.2. The van der Waals surface area contributed by atoms with Crippen molar-refractivity contribution < 1.29 is 36.6 Å². The smallest absolute Gasteiger partial charge is 0.388 e. The van der Waals surface area contributed by atoms with Crippen molar-refractivity contribution in [2.24, 2.45) is 5.92 Å². The predicted octanol–water partition coefficient (Wildman–Crippen LogP) is 5.41. The summed E-state index contributed by atoms with van der Waals surface area (Å²) in [6, 6.07) is -1.90. The van der Waals surface area contributed by atoms with Gasteiger partial charge in [-0.25, -0.2) is 18.7 Å². The topological polar surface area (TPSA) is 107 Å². The van der Waals surface area contributed by atoms with Crippen LogP contribution >= 0.6 is 11.3 Å². The number of anilines is 1. The fraction of sp³-hybridized carbons (Fsp3) is 0.615. The molecule has 1 saturated heterocycles. The largest absolute Gasteiger partial charge is 0.408 e. The number of thiazole rings is 1. The van der Waals surface area contributed by atoms with Crippen LogP contribution in [0.3, 0.4) is 0 Å². The monoisotopic (exact) mass is 589 g/mol. The average Bonchev–Trinajstić information content (AvgIpc) is 3.43. The van der Waals surface area contributed by atoms with Crippen molar-refractivity contribution >= 4 is 29.0 Å². The molecule has 2 amide bonds. The van der Waals surface area contributed by atoms with Gasteiger partial charge in [0.15, 0.2) is 5.01 Å². The van der Waals surface area contributed by atoms with Crippen LogP contribution in [0.5, 0.6) is 0 Å². The lowest BCUT2D eigenvalue weighted by Crippen LogP contribution is -2.47. The molecule has 220 valence electrons. The number of aromatic nitrogens is 2. The first-order valence-electron chi connectivity index (χ1n) is 13.0. The highest BCUT2D eigenvalue weighted by Crippen LogP contribution is 2.43. The summed E-state index contributed by atoms with van der Waals surface area (Å²) in [7, 11) is 0. The fourth-order valence-corrected chi connectivity index (χ4v) is 5.52. The Balaban J connectivity index is 1.75. The maximum absolute atomic E-state index is 14.3. The number of carbonyl (C=O) groups is 2. The average molecular weight is 590 g/mol. The van der Waals surface area contributed by atoms with Crippen molar-refractivity contribution in [2.45, 2.75) is 89.7 Å². The predicted molar refractivity (Wildman–Crippen MR) is 139 cm³/mol. The lowest BCUT2D eigenvalue weighted by molar-refractivity contribution is -0.146. The minimum Gasteiger partial charge on any atom is -0.388 e. The molecule has 3 N–H and O–H groups in total. The second-order valence-electron chi connectivity index (χ2n) is 11.0. The number of likely N-dealkylation sites (tertiary alicyclic amines) is 1. The first kappa shape index (κ1) is 30.1. The number of halogens is 5. The Bertz CT molecular complexity index is 1260. The Labute approximate surface area is 232 Å². The van der Waals surface area contributed by atoms with Gasteiger partial charge in [-0.15, -0.1) is 11.3 Å². The molecule has 4 rings (SSSR count). The summed E-state index contributed by atoms with van der Waals surface area (Å²) in [6.45, 7) is 6.84. The van der Waals surface area contributed by atoms with Crippen molar-refractivity contribution in [3.8, 4) is 10.4 Å². The number of hydrogen-bond donors (Lipinski definition) is 3. The van der Waals surface area contributed by atoms with Gasteiger partial charge in [-0.1, -0.05) is 0 Å². The zero-order valence-electron chi connectivity index (χ0n) is 22.5. The third-order valence-corrected chi connectivity index (χ3v) is 8.50. The van der Waals surface area contributed by atoms with Gasteiger partial charge in [0.05, 0.1) is 16.5 Å². The molecular weight excluding hydrogens is 557 g/mol. The number of hydrogen-bond acceptors (Lipinski definition) is 7. The summed E-state index contributed by atoms with van der Waals surface area (Å²) in [5.41, 5.74) is -2.32. The van der Waals surface area contributed by atoms with Gasteiger partial charge in [0, 0.05) is 29.9 Å². The molecule has 3 atom stereocenters. The van der Waals surface area contributed by atoms with Crippen molar-refractivity contribution in [3.63, 3.8) is 0 Å². The van der Waals surface area contributed by atoms with E-state index in [4.69, 9.17) is 0 Å². The van der Waals surface area contributed by atoms with Crippen LogP contribution in [-0.4, -0.2) is 68.2 Å². The van der Waals surface area contributed by atoms with Crippen LogP contribution in [0, 0.1) is 5.92 Å². The van der Waals surface area contributed by atoms with Crippen molar-refractivity contribution in [3.05, 3.63) is 28.5 Å². The molecule has 1 aliphatic carbocycles. The number of amides is 2. The number of nitrogens with zero attached hydrogens (tertiary/aromatic N) is 3. The molecule has 2 aromatic rings. The number of alkyl halides is 5. The lowest BCUT2D eigenvalue weighted by Gasteiger charge is -2.26. The standard InChI is InChI=1S/C26H32F5N5O3S/c1-12-6-5-9-36(12)24(38)18-19(40-23(35-18)22(37)33-13(2)25(3,4)39)16-11-32-17(10-15(16)21(27)28)34-20(14-7-8-14)26(29,30)31/h10-14,20-21,39H,5-9H2,1-4H3,(H,32,34)(H,33,37)/t12-,13-,20-/m0/s1. The Kier molecular flexibility index (Phi) is 8.42. The molecule has 0 radical (unpaired) electrons. The molecule has 0 unspecified atom stereocenters. The molecule has 14 heteroatoms. The molecule has 2 aromatic heterocycles. The molecule has 0 aromatic carbocycles. The van der Waals surface area contributed by atoms with Gasteiger partial charge in [0.2, 0.25) is 0 Å². The Morgan fingerprint density at radius 1 is 1.20 bits per heavy atom. The van der Waals surface area contributed by atoms with E-state index in [0.29, 0.717) is 30.7 Å². The zero-order valence-corrected chi connectivity index (χ0v) is 23.3. The van der Waals surface area contributed by atoms with Gasteiger partial charge in [-0.05, 0) is 65.4 Å². The molecule has 40 heavy (non-hydrogen) atoms. The molecule has 1 saturated carbocycles. The highest BCUT2D eigenvalue weighted by Gasteiger charge is 2.49. The Morgan fingerprint density at radius 2 is 1.88 bits per heavy atom. The Morgan fingerprint density at radius 3 is 2.40 bits per heavy atom. The van der Waals surface area contributed by atoms with Gasteiger partial charge in [0.25, 0.3) is 18.2 Å². The molecule has 3 heterocycles. The van der Waals surface area contributed by atoms with Gasteiger partial charge in [-0.2, -0.15) is 13.2 Å². The van der Waals surface area contributed by atoms with Crippen molar-refractivity contribution in [1.82, 2.24) is 20.2 Å². The minimum absolute atomic E-state index is 0.0333. The summed E-state index contributed by atoms with van der Waals surface area (Å²) >= 11 is 0.706. The van der Waals surface area contributed by atoms with Crippen molar-refractivity contribution in [1.29, 1.82) is 0 Å². The van der Waals surface area contributed by atoms with Crippen LogP contribution in [0.15, 0.2) is 12.3 Å². The maximum Gasteiger partial charge on any atom is 0.408 e. The Hall–Kier alpha value is -2.87. The zero-order chi connectivity index (χ0) is 29.6. The van der Waals surface area contributed by atoms with E-state index in [-0.39, 0.29) is 33.0 Å². The number of pyridine rings is 1. The highest BCUT2D eigenvalue weighted by molar-refractivity contribution is 7.17. The third-order valence-electron chi connectivity index (χ3n) is 7.41. The molecule has 2 fully saturated rings. The SMILES string of the molecule is C[C@H](NC(=O)c1nc(C(=O)N2CCC[C@@H]2C)c(-c2cnc(N[C@@H](C3CC3)C(F)(F)F)cc2C(F)F)s1)C(C)(C)O. The van der Waals surface area contributed by atoms with E-state index in [1.165, 1.54) is 13.8 Å². The number of aliphatic hydroxyl groups is 1. The van der Waals surface area contributed by atoms with E-state index >= 15 is 0 Å². The molecule has 0 spiro atoms. The fourth-order valence-electron chi connectivity index (χ4n) is 4.53. The first-order chi connectivity index (χ1) is 18.6. The molecule has 1 aliphatic heterocycles. The molecule has 8 nitrogen and oxygen atoms in total. The first-order valence-corrected chi connectivity index (χ1v) is 13.9. The van der Waals surface area contributed by atoms with E-state index in [0.717, 1.165) is 25.1 Å². The van der Waals surface area contributed by atoms with E-state index in [1.807, 2.05) is 6.92 Å². The maximum atomic E-state index is 14.3. The van der Waals surface area contributed by atoms with Crippen LogP contribution in [0.4, 0.5) is 27.8 Å². The quantitative estimate of drug-likeness (QED) is 0.338. The summed E-state index contributed by atoms with van der Waals surface area (Å²) in [5.74, 6) is -2.27. The van der Waals surface area contributed by atoms with E-state index < -0.39 is 53.6 Å². The number of rotatable bonds is 9. The van der Waals surface area contributed by atoms with Crippen LogP contribution in [-0.2, 0) is 0 Å². The van der Waals surface area contributed by atoms with Crippen LogP contribution in [0.25, 0.3) is 10.4 Å². The summed E-state index contributed by atoms with van der Waals surface area (Å²) < 4.78 is 69.2. The highest BCUT2D eigenvalue weighted by atomic mass is 32.1. The second-order valence-corrected chi connectivity index (χ2v) is 12.0. The molecule has 0 bridgehead atoms. The van der Waals surface area contributed by atoms with Gasteiger partial charge in [0.1, 0.15) is 17.6 Å². The van der Waals surface area contributed by atoms with Gasteiger partial charge < -0.3 is 20.6 Å². The number of nitrogens with one attached hydrogen (secondary N) is 2. The van der Waals surface area contributed by atoms with Crippen LogP contribution < -0.4 is 10.6 Å². The molecular formula is C26H32F5N5O3S. The van der Waals surface area contributed by atoms with Crippen LogP contribution in [0.1, 0.15) is 85.7 Å².